The molecule has 0 aliphatic rings. The predicted octanol–water partition coefficient (Wildman–Crippen LogP) is 2.66. The summed E-state index contributed by atoms with van der Waals surface area (Å²) in [5, 5.41) is 0.555. The third-order valence-electron chi connectivity index (χ3n) is 3.42. The molecule has 1 heterocycles. The molecule has 0 saturated carbocycles. The highest BCUT2D eigenvalue weighted by atomic mass is 79.9. The minimum Gasteiger partial charge on any atom is -0.345 e. The van der Waals surface area contributed by atoms with E-state index in [1.807, 2.05) is 6.07 Å². The van der Waals surface area contributed by atoms with Gasteiger partial charge < -0.3 is 4.90 Å². The van der Waals surface area contributed by atoms with Crippen LogP contribution < -0.4 is 5.56 Å². The summed E-state index contributed by atoms with van der Waals surface area (Å²) in [7, 11) is 1.79. The molecule has 0 aliphatic carbocycles. The van der Waals surface area contributed by atoms with Gasteiger partial charge in [-0.25, -0.2) is 4.98 Å². The fraction of sp³-hybridized carbons (Fsp3) is 0.438. The van der Waals surface area contributed by atoms with Crippen molar-refractivity contribution in [3.63, 3.8) is 0 Å². The summed E-state index contributed by atoms with van der Waals surface area (Å²) in [4.78, 5) is 30.5. The molecule has 2 rings (SSSR count). The molecular weight excluding hydrogens is 346 g/mol. The Balaban J connectivity index is 2.14. The van der Waals surface area contributed by atoms with Crippen LogP contribution in [0, 0.1) is 5.92 Å². The van der Waals surface area contributed by atoms with Gasteiger partial charge in [0.2, 0.25) is 5.91 Å². The van der Waals surface area contributed by atoms with Crippen molar-refractivity contribution < 1.29 is 4.79 Å². The van der Waals surface area contributed by atoms with E-state index in [2.05, 4.69) is 34.8 Å². The van der Waals surface area contributed by atoms with Crippen molar-refractivity contribution in [2.45, 2.75) is 26.8 Å². The number of amides is 1. The molecule has 5 nitrogen and oxygen atoms in total. The molecule has 6 heteroatoms. The first-order chi connectivity index (χ1) is 10.4. The smallest absolute Gasteiger partial charge is 0.261 e. The van der Waals surface area contributed by atoms with Gasteiger partial charge in [0, 0.05) is 31.0 Å². The van der Waals surface area contributed by atoms with Gasteiger partial charge in [-0.3, -0.25) is 14.2 Å². The first-order valence-corrected chi connectivity index (χ1v) is 8.06. The lowest BCUT2D eigenvalue weighted by molar-refractivity contribution is -0.130. The number of nitrogens with zero attached hydrogens (tertiary/aromatic N) is 3. The summed E-state index contributed by atoms with van der Waals surface area (Å²) in [6, 6.07) is 5.41. The molecule has 0 N–H and O–H groups in total. The van der Waals surface area contributed by atoms with E-state index >= 15 is 0 Å². The van der Waals surface area contributed by atoms with Gasteiger partial charge in [-0.1, -0.05) is 29.8 Å². The van der Waals surface area contributed by atoms with Gasteiger partial charge in [0.15, 0.2) is 0 Å². The van der Waals surface area contributed by atoms with Crippen molar-refractivity contribution in [3.8, 4) is 0 Å². The molecule has 118 valence electrons. The number of rotatable bonds is 5. The Hall–Kier alpha value is -1.69. The Kier molecular flexibility index (Phi) is 5.34. The van der Waals surface area contributed by atoms with Crippen LogP contribution in [0.5, 0.6) is 0 Å². The van der Waals surface area contributed by atoms with Crippen LogP contribution in [0.1, 0.15) is 20.3 Å². The average Bonchev–Trinajstić information content (AvgIpc) is 2.46. The highest BCUT2D eigenvalue weighted by molar-refractivity contribution is 9.10. The molecular formula is C16H20BrN3O2. The molecule has 2 aromatic rings. The first kappa shape index (κ1) is 16.7. The normalized spacial score (nSPS) is 11.1. The summed E-state index contributed by atoms with van der Waals surface area (Å²) < 4.78 is 2.33. The van der Waals surface area contributed by atoms with Crippen LogP contribution in [0.25, 0.3) is 10.9 Å². The Morgan fingerprint density at radius 2 is 2.14 bits per heavy atom. The van der Waals surface area contributed by atoms with E-state index in [0.717, 1.165) is 11.0 Å². The van der Waals surface area contributed by atoms with E-state index in [-0.39, 0.29) is 11.5 Å². The first-order valence-electron chi connectivity index (χ1n) is 7.27. The molecule has 0 spiro atoms. The maximum Gasteiger partial charge on any atom is 0.261 e. The number of hydrogen-bond donors (Lipinski definition) is 0. The van der Waals surface area contributed by atoms with Crippen molar-refractivity contribution in [3.05, 3.63) is 39.4 Å². The van der Waals surface area contributed by atoms with E-state index in [1.165, 1.54) is 10.9 Å². The van der Waals surface area contributed by atoms with Crippen LogP contribution in [-0.4, -0.2) is 34.0 Å². The molecule has 22 heavy (non-hydrogen) atoms. The van der Waals surface area contributed by atoms with E-state index in [4.69, 9.17) is 0 Å². The van der Waals surface area contributed by atoms with Crippen molar-refractivity contribution in [2.75, 3.05) is 13.6 Å². The largest absolute Gasteiger partial charge is 0.345 e. The van der Waals surface area contributed by atoms with Crippen LogP contribution in [0.15, 0.2) is 33.8 Å². The number of hydrogen-bond acceptors (Lipinski definition) is 3. The van der Waals surface area contributed by atoms with E-state index in [0.29, 0.717) is 29.8 Å². The summed E-state index contributed by atoms with van der Waals surface area (Å²) in [5.74, 6) is 0.464. The van der Waals surface area contributed by atoms with Crippen LogP contribution in [0.4, 0.5) is 0 Å². The number of fused-ring (bicyclic) bond motifs is 1. The lowest BCUT2D eigenvalue weighted by atomic mass is 10.2. The zero-order chi connectivity index (χ0) is 16.3. The summed E-state index contributed by atoms with van der Waals surface area (Å²) in [6.45, 7) is 5.20. The molecule has 0 saturated heterocycles. The van der Waals surface area contributed by atoms with E-state index < -0.39 is 0 Å². The minimum absolute atomic E-state index is 0.0370. The Morgan fingerprint density at radius 1 is 1.41 bits per heavy atom. The fourth-order valence-electron chi connectivity index (χ4n) is 2.35. The number of aryl methyl sites for hydroxylation is 1. The highest BCUT2D eigenvalue weighted by Gasteiger charge is 2.11. The molecule has 1 aromatic carbocycles. The lowest BCUT2D eigenvalue weighted by Crippen LogP contribution is -2.32. The van der Waals surface area contributed by atoms with Gasteiger partial charge in [-0.05, 0) is 24.1 Å². The Labute approximate surface area is 138 Å². The van der Waals surface area contributed by atoms with Gasteiger partial charge >= 0.3 is 0 Å². The van der Waals surface area contributed by atoms with Gasteiger partial charge in [-0.2, -0.15) is 0 Å². The molecule has 1 aromatic heterocycles. The van der Waals surface area contributed by atoms with Gasteiger partial charge in [0.05, 0.1) is 17.2 Å². The summed E-state index contributed by atoms with van der Waals surface area (Å²) >= 11 is 3.36. The van der Waals surface area contributed by atoms with Gasteiger partial charge in [-0.15, -0.1) is 0 Å². The number of carbonyl (C=O) groups excluding carboxylic acids is 1. The molecule has 0 radical (unpaired) electrons. The SMILES string of the molecule is CC(C)CN(C)C(=O)CCn1cnc2ccc(Br)cc2c1=O. The second-order valence-electron chi connectivity index (χ2n) is 5.82. The second-order valence-corrected chi connectivity index (χ2v) is 6.74. The quantitative estimate of drug-likeness (QED) is 0.818. The Bertz CT molecular complexity index is 740. The van der Waals surface area contributed by atoms with Gasteiger partial charge in [0.25, 0.3) is 5.56 Å². The summed E-state index contributed by atoms with van der Waals surface area (Å²) in [6.07, 6.45) is 1.80. The zero-order valence-corrected chi connectivity index (χ0v) is 14.6. The number of aromatic nitrogens is 2. The van der Waals surface area contributed by atoms with Crippen molar-refractivity contribution in [2.24, 2.45) is 5.92 Å². The van der Waals surface area contributed by atoms with Crippen molar-refractivity contribution in [1.82, 2.24) is 14.5 Å². The monoisotopic (exact) mass is 365 g/mol. The van der Waals surface area contributed by atoms with Crippen LogP contribution in [0.2, 0.25) is 0 Å². The Morgan fingerprint density at radius 3 is 2.82 bits per heavy atom. The maximum absolute atomic E-state index is 12.4. The van der Waals surface area contributed by atoms with E-state index in [1.54, 1.807) is 24.1 Å². The fourth-order valence-corrected chi connectivity index (χ4v) is 2.71. The molecule has 0 fully saturated rings. The van der Waals surface area contributed by atoms with E-state index in [9.17, 15) is 9.59 Å². The molecule has 0 bridgehead atoms. The van der Waals surface area contributed by atoms with Gasteiger partial charge in [0.1, 0.15) is 0 Å². The molecule has 0 aliphatic heterocycles. The average molecular weight is 366 g/mol. The van der Waals surface area contributed by atoms with Crippen LogP contribution in [-0.2, 0) is 11.3 Å². The number of carbonyl (C=O) groups is 1. The van der Waals surface area contributed by atoms with Crippen LogP contribution in [0.3, 0.4) is 0 Å². The van der Waals surface area contributed by atoms with Crippen molar-refractivity contribution >= 4 is 32.7 Å². The lowest BCUT2D eigenvalue weighted by Gasteiger charge is -2.19. The predicted molar refractivity (Wildman–Crippen MR) is 90.8 cm³/mol. The molecule has 1 amide bonds. The van der Waals surface area contributed by atoms with Crippen molar-refractivity contribution in [1.29, 1.82) is 0 Å². The summed E-state index contributed by atoms with van der Waals surface area (Å²) in [5.41, 5.74) is 0.540. The third kappa shape index (κ3) is 3.94. The number of halogens is 1. The minimum atomic E-state index is -0.120. The highest BCUT2D eigenvalue weighted by Crippen LogP contribution is 2.14. The number of benzene rings is 1. The topological polar surface area (TPSA) is 55.2 Å². The maximum atomic E-state index is 12.4. The molecule has 0 atom stereocenters. The zero-order valence-electron chi connectivity index (χ0n) is 13.0. The van der Waals surface area contributed by atoms with Crippen LogP contribution >= 0.6 is 15.9 Å². The molecule has 0 unspecified atom stereocenters. The standard InChI is InChI=1S/C16H20BrN3O2/c1-11(2)9-19(3)15(21)6-7-20-10-18-14-5-4-12(17)8-13(14)16(20)22/h4-5,8,10-11H,6-7,9H2,1-3H3. The second kappa shape index (κ2) is 7.05. The third-order valence-corrected chi connectivity index (χ3v) is 3.91.